The SMILES string of the molecule is CC(C)(C)c1ccccc1-c1ccccc1.CC(C)(C)c1ccccc1Oc1ccc(F)cc1.CC(C)(C)c1cnccn1.Cn1nc(C(C)(C)C)c2cccnc21. The lowest BCUT2D eigenvalue weighted by molar-refractivity contribution is 0.454. The third-order valence-corrected chi connectivity index (χ3v) is 9.20. The first kappa shape index (κ1) is 45.0. The number of rotatable bonds is 3. The van der Waals surface area contributed by atoms with Crippen molar-refractivity contribution in [3.63, 3.8) is 0 Å². The fourth-order valence-electron chi connectivity index (χ4n) is 6.14. The Hall–Kier alpha value is -5.69. The van der Waals surface area contributed by atoms with Crippen LogP contribution in [0.1, 0.15) is 106 Å². The second-order valence-corrected chi connectivity index (χ2v) is 18.4. The smallest absolute Gasteiger partial charge is 0.157 e. The van der Waals surface area contributed by atoms with Crippen LogP contribution in [0.5, 0.6) is 11.5 Å². The third kappa shape index (κ3) is 12.9. The Morgan fingerprint density at radius 1 is 0.534 bits per heavy atom. The quantitative estimate of drug-likeness (QED) is 0.179. The molecule has 0 N–H and O–H groups in total. The highest BCUT2D eigenvalue weighted by atomic mass is 19.1. The lowest BCUT2D eigenvalue weighted by Crippen LogP contribution is -2.13. The van der Waals surface area contributed by atoms with Gasteiger partial charge >= 0.3 is 0 Å². The molecule has 0 fully saturated rings. The summed E-state index contributed by atoms with van der Waals surface area (Å²) in [5.74, 6) is 1.20. The van der Waals surface area contributed by atoms with Crippen LogP contribution < -0.4 is 4.74 Å². The maximum absolute atomic E-state index is 12.8. The molecule has 0 saturated heterocycles. The van der Waals surface area contributed by atoms with Gasteiger partial charge in [-0.05, 0) is 70.0 Å². The average molecular weight is 780 g/mol. The van der Waals surface area contributed by atoms with Crippen LogP contribution in [0.2, 0.25) is 0 Å². The molecule has 0 spiro atoms. The van der Waals surface area contributed by atoms with Gasteiger partial charge in [-0.2, -0.15) is 5.10 Å². The van der Waals surface area contributed by atoms with Crippen molar-refractivity contribution in [2.75, 3.05) is 0 Å². The summed E-state index contributed by atoms with van der Waals surface area (Å²) in [6.07, 6.45) is 7.02. The van der Waals surface area contributed by atoms with Gasteiger partial charge in [0.1, 0.15) is 17.3 Å². The Morgan fingerprint density at radius 2 is 1.12 bits per heavy atom. The van der Waals surface area contributed by atoms with Gasteiger partial charge in [-0.15, -0.1) is 0 Å². The van der Waals surface area contributed by atoms with Gasteiger partial charge < -0.3 is 4.74 Å². The summed E-state index contributed by atoms with van der Waals surface area (Å²) in [6.45, 7) is 26.1. The fraction of sp³-hybridized carbons (Fsp3) is 0.333. The van der Waals surface area contributed by atoms with Crippen LogP contribution in [0, 0.1) is 5.82 Å². The summed E-state index contributed by atoms with van der Waals surface area (Å²) in [5.41, 5.74) is 8.68. The van der Waals surface area contributed by atoms with E-state index in [4.69, 9.17) is 4.74 Å². The molecular formula is C51H62FN5O. The van der Waals surface area contributed by atoms with E-state index in [0.29, 0.717) is 5.75 Å². The van der Waals surface area contributed by atoms with Crippen molar-refractivity contribution < 1.29 is 9.13 Å². The summed E-state index contributed by atoms with van der Waals surface area (Å²) < 4.78 is 20.5. The van der Waals surface area contributed by atoms with Gasteiger partial charge in [0, 0.05) is 53.6 Å². The monoisotopic (exact) mass is 779 g/mol. The Kier molecular flexibility index (Phi) is 14.9. The maximum atomic E-state index is 12.8. The molecule has 0 saturated carbocycles. The topological polar surface area (TPSA) is 65.7 Å². The van der Waals surface area contributed by atoms with E-state index in [-0.39, 0.29) is 27.5 Å². The highest BCUT2D eigenvalue weighted by Gasteiger charge is 2.22. The first-order valence-corrected chi connectivity index (χ1v) is 19.9. The van der Waals surface area contributed by atoms with E-state index in [9.17, 15) is 4.39 Å². The molecule has 0 aliphatic rings. The van der Waals surface area contributed by atoms with Crippen LogP contribution in [0.15, 0.2) is 140 Å². The predicted octanol–water partition coefficient (Wildman–Crippen LogP) is 13.6. The molecule has 6 nitrogen and oxygen atoms in total. The average Bonchev–Trinajstić information content (AvgIpc) is 3.53. The molecule has 58 heavy (non-hydrogen) atoms. The van der Waals surface area contributed by atoms with Crippen molar-refractivity contribution in [3.8, 4) is 22.6 Å². The number of aryl methyl sites for hydroxylation is 1. The molecule has 0 aliphatic carbocycles. The number of para-hydroxylation sites is 1. The molecule has 7 heteroatoms. The number of nitrogens with zero attached hydrogens (tertiary/aromatic N) is 5. The molecule has 0 radical (unpaired) electrons. The number of hydrogen-bond donors (Lipinski definition) is 0. The van der Waals surface area contributed by atoms with E-state index in [1.807, 2.05) is 36.0 Å². The van der Waals surface area contributed by atoms with E-state index in [0.717, 1.165) is 33.7 Å². The molecule has 3 aromatic heterocycles. The molecule has 7 rings (SSSR count). The van der Waals surface area contributed by atoms with Crippen molar-refractivity contribution >= 4 is 11.0 Å². The van der Waals surface area contributed by atoms with Gasteiger partial charge in [0.05, 0.1) is 11.4 Å². The molecule has 304 valence electrons. The number of benzene rings is 4. The van der Waals surface area contributed by atoms with Crippen LogP contribution in [0.25, 0.3) is 22.2 Å². The van der Waals surface area contributed by atoms with Crippen LogP contribution >= 0.6 is 0 Å². The van der Waals surface area contributed by atoms with Crippen LogP contribution in [0.3, 0.4) is 0 Å². The first-order chi connectivity index (χ1) is 27.2. The van der Waals surface area contributed by atoms with Crippen LogP contribution in [-0.4, -0.2) is 24.7 Å². The van der Waals surface area contributed by atoms with E-state index in [2.05, 4.69) is 170 Å². The molecule has 0 atom stereocenters. The predicted molar refractivity (Wildman–Crippen MR) is 240 cm³/mol. The standard InChI is InChI=1S/C16H17FO.C16H18.C11H15N3.C8H12N2/c1-16(2,3)14-6-4-5-7-15(14)18-13-10-8-12(17)9-11-13;1-16(2,3)15-12-8-7-11-14(15)13-9-5-4-6-10-13;1-11(2,3)9-8-6-5-7-12-10(8)14(4)13-9;1-8(2,3)7-6-9-4-5-10-7/h4-11H,1-3H3;4-12H,1-3H3;5-7H,1-4H3;4-6H,1-3H3. The maximum Gasteiger partial charge on any atom is 0.157 e. The molecule has 3 heterocycles. The molecule has 0 amide bonds. The minimum absolute atomic E-state index is 0.0105. The first-order valence-electron chi connectivity index (χ1n) is 19.9. The highest BCUT2D eigenvalue weighted by molar-refractivity contribution is 5.79. The molecule has 0 aliphatic heterocycles. The number of aromatic nitrogens is 5. The zero-order chi connectivity index (χ0) is 42.7. The second kappa shape index (κ2) is 19.2. The number of halogens is 1. The molecular weight excluding hydrogens is 718 g/mol. The van der Waals surface area contributed by atoms with Gasteiger partial charge in [0.2, 0.25) is 0 Å². The van der Waals surface area contributed by atoms with Crippen LogP contribution in [-0.2, 0) is 28.7 Å². The molecule has 7 aromatic rings. The lowest BCUT2D eigenvalue weighted by Gasteiger charge is -2.23. The Morgan fingerprint density at radius 3 is 1.67 bits per heavy atom. The van der Waals surface area contributed by atoms with Gasteiger partial charge in [0.25, 0.3) is 0 Å². The van der Waals surface area contributed by atoms with Crippen molar-refractivity contribution in [1.29, 1.82) is 0 Å². The second-order valence-electron chi connectivity index (χ2n) is 18.4. The van der Waals surface area contributed by atoms with Gasteiger partial charge in [-0.25, -0.2) is 9.37 Å². The largest absolute Gasteiger partial charge is 0.457 e. The summed E-state index contributed by atoms with van der Waals surface area (Å²) in [7, 11) is 1.94. The van der Waals surface area contributed by atoms with E-state index in [1.165, 1.54) is 28.8 Å². The Labute approximate surface area is 346 Å². The van der Waals surface area contributed by atoms with Crippen molar-refractivity contribution in [2.24, 2.45) is 7.05 Å². The number of pyridine rings is 1. The number of ether oxygens (including phenoxy) is 1. The zero-order valence-electron chi connectivity index (χ0n) is 36.8. The van der Waals surface area contributed by atoms with Gasteiger partial charge in [-0.3, -0.25) is 14.6 Å². The van der Waals surface area contributed by atoms with Crippen molar-refractivity contribution in [3.05, 3.63) is 168 Å². The number of fused-ring (bicyclic) bond motifs is 1. The molecule has 4 aromatic carbocycles. The van der Waals surface area contributed by atoms with E-state index in [1.54, 1.807) is 36.9 Å². The number of hydrogen-bond acceptors (Lipinski definition) is 5. The van der Waals surface area contributed by atoms with Crippen molar-refractivity contribution in [2.45, 2.75) is 105 Å². The fourth-order valence-corrected chi connectivity index (χ4v) is 6.14. The van der Waals surface area contributed by atoms with Gasteiger partial charge in [-0.1, -0.05) is 156 Å². The summed E-state index contributed by atoms with van der Waals surface area (Å²) in [6, 6.07) is 37.3. The normalized spacial score (nSPS) is 11.6. The van der Waals surface area contributed by atoms with Crippen molar-refractivity contribution in [1.82, 2.24) is 24.7 Å². The van der Waals surface area contributed by atoms with Gasteiger partial charge in [0.15, 0.2) is 5.65 Å². The third-order valence-electron chi connectivity index (χ3n) is 9.20. The Bertz CT molecular complexity index is 2310. The summed E-state index contributed by atoms with van der Waals surface area (Å²) in [5, 5.41) is 5.67. The van der Waals surface area contributed by atoms with E-state index >= 15 is 0 Å². The lowest BCUT2D eigenvalue weighted by atomic mass is 9.82. The zero-order valence-corrected chi connectivity index (χ0v) is 36.8. The summed E-state index contributed by atoms with van der Waals surface area (Å²) >= 11 is 0. The van der Waals surface area contributed by atoms with Crippen LogP contribution in [0.4, 0.5) is 4.39 Å². The molecule has 0 unspecified atom stereocenters. The molecule has 0 bridgehead atoms. The minimum Gasteiger partial charge on any atom is -0.457 e. The van der Waals surface area contributed by atoms with E-state index < -0.39 is 0 Å². The minimum atomic E-state index is -0.258. The summed E-state index contributed by atoms with van der Waals surface area (Å²) in [4.78, 5) is 12.5. The Balaban J connectivity index is 0.000000174. The highest BCUT2D eigenvalue weighted by Crippen LogP contribution is 2.35.